The van der Waals surface area contributed by atoms with E-state index in [-0.39, 0.29) is 23.3 Å². The van der Waals surface area contributed by atoms with Crippen LogP contribution in [-0.4, -0.2) is 53.1 Å². The number of phenolic OH excluding ortho intramolecular Hbond substituents is 2. The summed E-state index contributed by atoms with van der Waals surface area (Å²) in [6, 6.07) is 2.68. The van der Waals surface area contributed by atoms with Crippen molar-refractivity contribution in [3.63, 3.8) is 0 Å². The average Bonchev–Trinajstić information content (AvgIpc) is 2.61. The van der Waals surface area contributed by atoms with Crippen molar-refractivity contribution in [2.75, 3.05) is 20.8 Å². The molecule has 140 valence electrons. The van der Waals surface area contributed by atoms with E-state index in [0.29, 0.717) is 37.8 Å². The molecular formula is C19H23NO6. The van der Waals surface area contributed by atoms with Crippen LogP contribution in [0.4, 0.5) is 4.79 Å². The zero-order valence-electron chi connectivity index (χ0n) is 14.9. The summed E-state index contributed by atoms with van der Waals surface area (Å²) in [5, 5.41) is 29.7. The molecule has 1 atom stereocenters. The Kier molecular flexibility index (Phi) is 4.97. The Morgan fingerprint density at radius 3 is 2.50 bits per heavy atom. The van der Waals surface area contributed by atoms with Crippen molar-refractivity contribution in [1.82, 2.24) is 4.90 Å². The van der Waals surface area contributed by atoms with Crippen LogP contribution in [0.3, 0.4) is 0 Å². The molecule has 2 aliphatic rings. The summed E-state index contributed by atoms with van der Waals surface area (Å²) in [5.41, 5.74) is 2.94. The number of rotatable bonds is 4. The fourth-order valence-corrected chi connectivity index (χ4v) is 3.81. The maximum atomic E-state index is 11.7. The predicted molar refractivity (Wildman–Crippen MR) is 94.5 cm³/mol. The lowest BCUT2D eigenvalue weighted by Gasteiger charge is -2.39. The number of nitrogens with zero attached hydrogens (tertiary/aromatic N) is 1. The van der Waals surface area contributed by atoms with Gasteiger partial charge in [-0.25, -0.2) is 4.79 Å². The number of hydrogen-bond acceptors (Lipinski definition) is 5. The third kappa shape index (κ3) is 3.29. The summed E-state index contributed by atoms with van der Waals surface area (Å²) in [4.78, 5) is 13.2. The lowest BCUT2D eigenvalue weighted by molar-refractivity contribution is 0.126. The van der Waals surface area contributed by atoms with Crippen LogP contribution in [0.2, 0.25) is 0 Å². The van der Waals surface area contributed by atoms with Crippen LogP contribution in [0.25, 0.3) is 0 Å². The normalized spacial score (nSPS) is 19.7. The molecule has 1 heterocycles. The topological polar surface area (TPSA) is 99.5 Å². The van der Waals surface area contributed by atoms with Gasteiger partial charge in [0, 0.05) is 13.0 Å². The zero-order valence-corrected chi connectivity index (χ0v) is 14.9. The van der Waals surface area contributed by atoms with E-state index in [1.54, 1.807) is 7.11 Å². The quantitative estimate of drug-likeness (QED) is 0.713. The number of ether oxygens (including phenoxy) is 2. The molecule has 26 heavy (non-hydrogen) atoms. The van der Waals surface area contributed by atoms with Crippen molar-refractivity contribution in [3.8, 4) is 17.2 Å². The molecule has 1 aliphatic carbocycles. The first-order valence-electron chi connectivity index (χ1n) is 8.46. The van der Waals surface area contributed by atoms with Gasteiger partial charge in [-0.3, -0.25) is 0 Å². The van der Waals surface area contributed by atoms with Gasteiger partial charge in [-0.15, -0.1) is 0 Å². The SMILES string of the molecule is COC1=CCC2=C(CCN(C(=O)O)[C@@H]2Cc2cc(O)c(OC)c(O)c2)C1. The van der Waals surface area contributed by atoms with Gasteiger partial charge in [0.1, 0.15) is 0 Å². The molecule has 1 aromatic carbocycles. The molecule has 0 bridgehead atoms. The number of methoxy groups -OCH3 is 2. The van der Waals surface area contributed by atoms with Gasteiger partial charge in [0.2, 0.25) is 5.75 Å². The molecule has 1 amide bonds. The summed E-state index contributed by atoms with van der Waals surface area (Å²) in [5.74, 6) is 0.586. The number of benzene rings is 1. The highest BCUT2D eigenvalue weighted by molar-refractivity contribution is 5.67. The maximum absolute atomic E-state index is 11.7. The van der Waals surface area contributed by atoms with Crippen LogP contribution in [0.1, 0.15) is 24.8 Å². The predicted octanol–water partition coefficient (Wildman–Crippen LogP) is 3.02. The number of allylic oxidation sites excluding steroid dienone is 2. The van der Waals surface area contributed by atoms with E-state index in [1.165, 1.54) is 29.7 Å². The minimum absolute atomic E-state index is 0.0118. The average molecular weight is 361 g/mol. The highest BCUT2D eigenvalue weighted by Crippen LogP contribution is 2.40. The van der Waals surface area contributed by atoms with Crippen LogP contribution in [0.5, 0.6) is 17.2 Å². The smallest absolute Gasteiger partial charge is 0.407 e. The number of phenols is 2. The molecule has 0 spiro atoms. The molecular weight excluding hydrogens is 338 g/mol. The largest absolute Gasteiger partial charge is 0.504 e. The minimum Gasteiger partial charge on any atom is -0.504 e. The summed E-state index contributed by atoms with van der Waals surface area (Å²) < 4.78 is 10.3. The first kappa shape index (κ1) is 18.0. The van der Waals surface area contributed by atoms with Crippen molar-refractivity contribution in [2.45, 2.75) is 31.7 Å². The lowest BCUT2D eigenvalue weighted by Crippen LogP contribution is -2.46. The van der Waals surface area contributed by atoms with Crippen molar-refractivity contribution < 1.29 is 29.6 Å². The van der Waals surface area contributed by atoms with E-state index in [1.807, 2.05) is 6.08 Å². The molecule has 7 nitrogen and oxygen atoms in total. The first-order chi connectivity index (χ1) is 12.4. The zero-order chi connectivity index (χ0) is 18.8. The second kappa shape index (κ2) is 7.19. The Balaban J connectivity index is 1.93. The number of aromatic hydroxyl groups is 2. The maximum Gasteiger partial charge on any atom is 0.407 e. The fourth-order valence-electron chi connectivity index (χ4n) is 3.81. The number of amides is 1. The second-order valence-corrected chi connectivity index (χ2v) is 6.50. The van der Waals surface area contributed by atoms with Gasteiger partial charge in [0.15, 0.2) is 11.5 Å². The Morgan fingerprint density at radius 1 is 1.23 bits per heavy atom. The molecule has 3 rings (SSSR count). The van der Waals surface area contributed by atoms with Crippen LogP contribution >= 0.6 is 0 Å². The minimum atomic E-state index is -0.968. The van der Waals surface area contributed by atoms with E-state index >= 15 is 0 Å². The van der Waals surface area contributed by atoms with Gasteiger partial charge in [-0.05, 0) is 48.6 Å². The highest BCUT2D eigenvalue weighted by Gasteiger charge is 2.34. The molecule has 1 aromatic rings. The van der Waals surface area contributed by atoms with E-state index < -0.39 is 6.09 Å². The lowest BCUT2D eigenvalue weighted by atomic mass is 9.82. The van der Waals surface area contributed by atoms with E-state index in [9.17, 15) is 20.1 Å². The van der Waals surface area contributed by atoms with E-state index in [4.69, 9.17) is 9.47 Å². The Labute approximate surface area is 151 Å². The molecule has 0 saturated carbocycles. The van der Waals surface area contributed by atoms with Gasteiger partial charge < -0.3 is 29.7 Å². The highest BCUT2D eigenvalue weighted by atomic mass is 16.5. The summed E-state index contributed by atoms with van der Waals surface area (Å²) in [6.45, 7) is 0.421. The van der Waals surface area contributed by atoms with Gasteiger partial charge in [0.25, 0.3) is 0 Å². The summed E-state index contributed by atoms with van der Waals surface area (Å²) in [7, 11) is 3.00. The number of carbonyl (C=O) groups is 1. The molecule has 0 aromatic heterocycles. The van der Waals surface area contributed by atoms with Gasteiger partial charge >= 0.3 is 6.09 Å². The van der Waals surface area contributed by atoms with Crippen molar-refractivity contribution in [1.29, 1.82) is 0 Å². The number of hydrogen-bond donors (Lipinski definition) is 3. The molecule has 3 N–H and O–H groups in total. The summed E-state index contributed by atoms with van der Waals surface area (Å²) in [6.07, 6.45) is 3.42. The van der Waals surface area contributed by atoms with Crippen molar-refractivity contribution in [2.24, 2.45) is 0 Å². The molecule has 0 fully saturated rings. The molecule has 0 unspecified atom stereocenters. The van der Waals surface area contributed by atoms with Crippen molar-refractivity contribution in [3.05, 3.63) is 40.7 Å². The third-order valence-corrected chi connectivity index (χ3v) is 5.07. The second-order valence-electron chi connectivity index (χ2n) is 6.50. The van der Waals surface area contributed by atoms with Crippen LogP contribution in [0.15, 0.2) is 35.1 Å². The Bertz CT molecular complexity index is 759. The van der Waals surface area contributed by atoms with Gasteiger partial charge in [-0.1, -0.05) is 5.57 Å². The Hall–Kier alpha value is -2.83. The van der Waals surface area contributed by atoms with Crippen LogP contribution in [-0.2, 0) is 11.2 Å². The fraction of sp³-hybridized carbons (Fsp3) is 0.421. The van der Waals surface area contributed by atoms with E-state index in [0.717, 1.165) is 11.3 Å². The third-order valence-electron chi connectivity index (χ3n) is 5.07. The monoisotopic (exact) mass is 361 g/mol. The molecule has 1 aliphatic heterocycles. The van der Waals surface area contributed by atoms with E-state index in [2.05, 4.69) is 0 Å². The molecule has 7 heteroatoms. The summed E-state index contributed by atoms with van der Waals surface area (Å²) >= 11 is 0. The molecule has 0 radical (unpaired) electrons. The van der Waals surface area contributed by atoms with Crippen LogP contribution < -0.4 is 4.74 Å². The van der Waals surface area contributed by atoms with Gasteiger partial charge in [0.05, 0.1) is 26.0 Å². The first-order valence-corrected chi connectivity index (χ1v) is 8.46. The van der Waals surface area contributed by atoms with Crippen molar-refractivity contribution >= 4 is 6.09 Å². The number of carboxylic acid groups (broad SMARTS) is 1. The molecule has 0 saturated heterocycles. The van der Waals surface area contributed by atoms with Crippen LogP contribution in [0, 0.1) is 0 Å². The van der Waals surface area contributed by atoms with Gasteiger partial charge in [-0.2, -0.15) is 0 Å². The standard InChI is InChI=1S/C19H23NO6/c1-25-13-3-4-14-12(10-13)5-6-20(19(23)24)15(14)7-11-8-16(21)18(26-2)17(22)9-11/h3,8-9,15,21-22H,4-7,10H2,1-2H3,(H,23,24)/t15-/m1/s1. The Morgan fingerprint density at radius 2 is 1.92 bits per heavy atom.